The minimum Gasteiger partial charge on any atom is -0.394 e. The number of carbonyl (C=O) groups is 1. The quantitative estimate of drug-likeness (QED) is 0.846. The number of benzene rings is 1. The fourth-order valence-corrected chi connectivity index (χ4v) is 2.68. The van der Waals surface area contributed by atoms with E-state index in [2.05, 4.69) is 37.4 Å². The Labute approximate surface area is 114 Å². The predicted octanol–water partition coefficient (Wildman–Crippen LogP) is 1.38. The molecule has 4 nitrogen and oxygen atoms in total. The van der Waals surface area contributed by atoms with Gasteiger partial charge >= 0.3 is 0 Å². The van der Waals surface area contributed by atoms with Crippen molar-refractivity contribution in [1.82, 2.24) is 5.32 Å². The summed E-state index contributed by atoms with van der Waals surface area (Å²) in [5.74, 6) is -0.109. The fourth-order valence-electron chi connectivity index (χ4n) is 2.68. The molecule has 19 heavy (non-hydrogen) atoms. The van der Waals surface area contributed by atoms with Gasteiger partial charge in [0, 0.05) is 12.2 Å². The summed E-state index contributed by atoms with van der Waals surface area (Å²) in [7, 11) is 0. The van der Waals surface area contributed by atoms with E-state index in [1.54, 1.807) is 0 Å². The minimum absolute atomic E-state index is 0.109. The Morgan fingerprint density at radius 3 is 2.74 bits per heavy atom. The van der Waals surface area contributed by atoms with Gasteiger partial charge in [0.2, 0.25) is 5.91 Å². The number of nitrogens with zero attached hydrogens (tertiary/aromatic N) is 1. The van der Waals surface area contributed by atoms with E-state index in [1.807, 2.05) is 18.7 Å². The molecule has 4 heteroatoms. The van der Waals surface area contributed by atoms with Gasteiger partial charge in [0.1, 0.15) is 6.04 Å². The molecule has 0 saturated carbocycles. The summed E-state index contributed by atoms with van der Waals surface area (Å²) in [5.41, 5.74) is 3.07. The van der Waals surface area contributed by atoms with Crippen LogP contribution in [0.5, 0.6) is 0 Å². The van der Waals surface area contributed by atoms with Crippen molar-refractivity contribution in [3.8, 4) is 0 Å². The molecule has 0 radical (unpaired) electrons. The van der Waals surface area contributed by atoms with Crippen LogP contribution in [0.25, 0.3) is 0 Å². The maximum atomic E-state index is 12.0. The average molecular weight is 262 g/mol. The maximum absolute atomic E-state index is 12.0. The van der Waals surface area contributed by atoms with E-state index in [-0.39, 0.29) is 18.1 Å². The molecule has 1 heterocycles. The van der Waals surface area contributed by atoms with Crippen LogP contribution in [0.15, 0.2) is 18.2 Å². The molecule has 0 bridgehead atoms. The molecule has 2 rings (SSSR count). The van der Waals surface area contributed by atoms with Crippen LogP contribution in [0.2, 0.25) is 0 Å². The van der Waals surface area contributed by atoms with Crippen LogP contribution < -0.4 is 10.2 Å². The topological polar surface area (TPSA) is 52.6 Å². The monoisotopic (exact) mass is 262 g/mol. The first-order chi connectivity index (χ1) is 8.86. The molecule has 0 aromatic heterocycles. The molecule has 1 aliphatic rings. The zero-order valence-corrected chi connectivity index (χ0v) is 12.0. The van der Waals surface area contributed by atoms with Crippen LogP contribution in [0.3, 0.4) is 0 Å². The lowest BCUT2D eigenvalue weighted by atomic mass is 9.93. The second kappa shape index (κ2) is 4.85. The van der Waals surface area contributed by atoms with Crippen molar-refractivity contribution in [2.45, 2.75) is 39.3 Å². The van der Waals surface area contributed by atoms with Crippen molar-refractivity contribution < 1.29 is 9.90 Å². The van der Waals surface area contributed by atoms with Crippen LogP contribution >= 0.6 is 0 Å². The molecule has 1 aliphatic heterocycles. The number of hydrogen-bond acceptors (Lipinski definition) is 3. The van der Waals surface area contributed by atoms with Gasteiger partial charge in [-0.2, -0.15) is 0 Å². The number of carbonyl (C=O) groups excluding carboxylic acids is 1. The predicted molar refractivity (Wildman–Crippen MR) is 76.4 cm³/mol. The Bertz CT molecular complexity index is 497. The van der Waals surface area contributed by atoms with Gasteiger partial charge in [0.25, 0.3) is 0 Å². The highest BCUT2D eigenvalue weighted by atomic mass is 16.3. The van der Waals surface area contributed by atoms with Gasteiger partial charge in [-0.15, -0.1) is 0 Å². The van der Waals surface area contributed by atoms with E-state index in [1.165, 1.54) is 0 Å². The third-order valence-electron chi connectivity index (χ3n) is 3.76. The highest BCUT2D eigenvalue weighted by molar-refractivity contribution is 5.88. The molecule has 1 saturated heterocycles. The van der Waals surface area contributed by atoms with Crippen LogP contribution in [0.4, 0.5) is 5.69 Å². The lowest BCUT2D eigenvalue weighted by molar-refractivity contribution is -0.125. The first kappa shape index (κ1) is 13.9. The van der Waals surface area contributed by atoms with Crippen LogP contribution in [-0.4, -0.2) is 35.7 Å². The van der Waals surface area contributed by atoms with Gasteiger partial charge in [-0.3, -0.25) is 4.79 Å². The van der Waals surface area contributed by atoms with Gasteiger partial charge in [-0.05, 0) is 44.9 Å². The summed E-state index contributed by atoms with van der Waals surface area (Å²) in [4.78, 5) is 14.0. The Morgan fingerprint density at radius 1 is 1.42 bits per heavy atom. The van der Waals surface area contributed by atoms with Crippen LogP contribution in [0, 0.1) is 13.8 Å². The Hall–Kier alpha value is -1.55. The summed E-state index contributed by atoms with van der Waals surface area (Å²) in [6, 6.07) is 5.67. The first-order valence-electron chi connectivity index (χ1n) is 6.62. The molecule has 1 aromatic carbocycles. The summed E-state index contributed by atoms with van der Waals surface area (Å²) in [6.45, 7) is 8.63. The number of amides is 1. The molecule has 1 atom stereocenters. The third kappa shape index (κ3) is 2.45. The molecule has 1 fully saturated rings. The van der Waals surface area contributed by atoms with Gasteiger partial charge in [-0.1, -0.05) is 12.1 Å². The van der Waals surface area contributed by atoms with Gasteiger partial charge in [0.05, 0.1) is 12.1 Å². The Kier molecular flexibility index (Phi) is 3.54. The smallest absolute Gasteiger partial charge is 0.245 e. The lowest BCUT2D eigenvalue weighted by Gasteiger charge is -2.48. The lowest BCUT2D eigenvalue weighted by Crippen LogP contribution is -2.67. The summed E-state index contributed by atoms with van der Waals surface area (Å²) in [6.07, 6.45) is 0. The number of nitrogens with one attached hydrogen (secondary N) is 1. The van der Waals surface area contributed by atoms with Crippen molar-refractivity contribution >= 4 is 11.6 Å². The molecule has 0 aliphatic carbocycles. The van der Waals surface area contributed by atoms with Crippen molar-refractivity contribution in [3.05, 3.63) is 29.3 Å². The zero-order chi connectivity index (χ0) is 14.2. The summed E-state index contributed by atoms with van der Waals surface area (Å²) >= 11 is 0. The third-order valence-corrected chi connectivity index (χ3v) is 3.76. The SMILES string of the molecule is Cc1ccc(C)c(N2C(CO)C(=O)NCC2(C)C)c1. The first-order valence-corrected chi connectivity index (χ1v) is 6.62. The number of aryl methyl sites for hydroxylation is 2. The number of anilines is 1. The van der Waals surface area contributed by atoms with E-state index < -0.39 is 6.04 Å². The molecule has 104 valence electrons. The second-order valence-corrected chi connectivity index (χ2v) is 5.89. The number of hydrogen-bond donors (Lipinski definition) is 2. The molecule has 2 N–H and O–H groups in total. The van der Waals surface area contributed by atoms with Crippen molar-refractivity contribution in [1.29, 1.82) is 0 Å². The van der Waals surface area contributed by atoms with Gasteiger partial charge < -0.3 is 15.3 Å². The Morgan fingerprint density at radius 2 is 2.11 bits per heavy atom. The highest BCUT2D eigenvalue weighted by Crippen LogP contribution is 2.32. The maximum Gasteiger partial charge on any atom is 0.245 e. The number of rotatable bonds is 2. The highest BCUT2D eigenvalue weighted by Gasteiger charge is 2.41. The normalized spacial score (nSPS) is 22.3. The van der Waals surface area contributed by atoms with Gasteiger partial charge in [-0.25, -0.2) is 0 Å². The molecule has 1 amide bonds. The number of aliphatic hydroxyl groups excluding tert-OH is 1. The van der Waals surface area contributed by atoms with Crippen molar-refractivity contribution in [2.24, 2.45) is 0 Å². The van der Waals surface area contributed by atoms with Gasteiger partial charge in [0.15, 0.2) is 0 Å². The van der Waals surface area contributed by atoms with Crippen molar-refractivity contribution in [2.75, 3.05) is 18.1 Å². The second-order valence-electron chi connectivity index (χ2n) is 5.89. The molecule has 1 unspecified atom stereocenters. The zero-order valence-electron chi connectivity index (χ0n) is 12.0. The van der Waals surface area contributed by atoms with Crippen LogP contribution in [0.1, 0.15) is 25.0 Å². The van der Waals surface area contributed by atoms with Crippen LogP contribution in [-0.2, 0) is 4.79 Å². The summed E-state index contributed by atoms with van der Waals surface area (Å²) < 4.78 is 0. The number of aliphatic hydroxyl groups is 1. The average Bonchev–Trinajstić information content (AvgIpc) is 2.35. The largest absolute Gasteiger partial charge is 0.394 e. The standard InChI is InChI=1S/C15H22N2O2/c1-10-5-6-11(2)12(7-10)17-13(8-18)14(19)16-9-15(17,3)4/h5-7,13,18H,8-9H2,1-4H3,(H,16,19). The molecular weight excluding hydrogens is 240 g/mol. The molecule has 1 aromatic rings. The van der Waals surface area contributed by atoms with E-state index in [9.17, 15) is 9.90 Å². The number of piperazine rings is 1. The van der Waals surface area contributed by atoms with E-state index in [0.29, 0.717) is 6.54 Å². The summed E-state index contributed by atoms with van der Waals surface area (Å²) in [5, 5.41) is 12.4. The fraction of sp³-hybridized carbons (Fsp3) is 0.533. The van der Waals surface area contributed by atoms with Crippen molar-refractivity contribution in [3.63, 3.8) is 0 Å². The van der Waals surface area contributed by atoms with E-state index >= 15 is 0 Å². The molecule has 0 spiro atoms. The minimum atomic E-state index is -0.524. The Balaban J connectivity index is 2.53. The van der Waals surface area contributed by atoms with E-state index in [4.69, 9.17) is 0 Å². The van der Waals surface area contributed by atoms with E-state index in [0.717, 1.165) is 16.8 Å². The molecular formula is C15H22N2O2.